The predicted octanol–water partition coefficient (Wildman–Crippen LogP) is 1.13. The molecule has 0 aliphatic heterocycles. The molecule has 0 fully saturated rings. The van der Waals surface area contributed by atoms with E-state index in [2.05, 4.69) is 20.4 Å². The van der Waals surface area contributed by atoms with Gasteiger partial charge in [-0.1, -0.05) is 0 Å². The van der Waals surface area contributed by atoms with Crippen LogP contribution in [0.25, 0.3) is 0 Å². The number of nitriles is 1. The second-order valence-electron chi connectivity index (χ2n) is 3.33. The molecule has 2 aromatic rings. The Morgan fingerprint density at radius 3 is 2.88 bits per heavy atom. The average Bonchev–Trinajstić information content (AvgIpc) is 2.63. The van der Waals surface area contributed by atoms with E-state index in [-0.39, 0.29) is 0 Å². The number of nitrogens with one attached hydrogen (secondary N) is 1. The summed E-state index contributed by atoms with van der Waals surface area (Å²) in [5.41, 5.74) is 1.08. The Labute approximate surface area is 92.6 Å². The highest BCUT2D eigenvalue weighted by Crippen LogP contribution is 2.10. The maximum atomic E-state index is 8.77. The van der Waals surface area contributed by atoms with Crippen molar-refractivity contribution in [3.63, 3.8) is 0 Å². The van der Waals surface area contributed by atoms with E-state index in [1.54, 1.807) is 16.8 Å². The highest BCUT2D eigenvalue weighted by molar-refractivity contribution is 5.47. The molecular weight excluding hydrogens is 204 g/mol. The molecule has 1 N–H and O–H groups in total. The molecule has 2 rings (SSSR count). The standard InChI is InChI=1S/C10H10N6/c1-7-5-8(6-11)13-10(12-7)14-9-3-4-16(2)15-9/h3-5H,1-2H3,(H,12,13,14,15). The normalized spacial score (nSPS) is 9.81. The van der Waals surface area contributed by atoms with Crippen LogP contribution in [0.1, 0.15) is 11.4 Å². The van der Waals surface area contributed by atoms with E-state index < -0.39 is 0 Å². The summed E-state index contributed by atoms with van der Waals surface area (Å²) in [6.07, 6.45) is 1.81. The second kappa shape index (κ2) is 3.98. The van der Waals surface area contributed by atoms with Gasteiger partial charge in [0.05, 0.1) is 0 Å². The van der Waals surface area contributed by atoms with Gasteiger partial charge in [0, 0.05) is 25.0 Å². The maximum Gasteiger partial charge on any atom is 0.229 e. The van der Waals surface area contributed by atoms with Crippen molar-refractivity contribution in [1.82, 2.24) is 19.7 Å². The Hall–Kier alpha value is -2.42. The minimum absolute atomic E-state index is 0.339. The fourth-order valence-corrected chi connectivity index (χ4v) is 1.28. The molecule has 0 unspecified atom stereocenters. The van der Waals surface area contributed by atoms with Crippen LogP contribution in [0.2, 0.25) is 0 Å². The highest BCUT2D eigenvalue weighted by atomic mass is 15.3. The third-order valence-electron chi connectivity index (χ3n) is 1.92. The zero-order valence-electron chi connectivity index (χ0n) is 8.97. The topological polar surface area (TPSA) is 79.4 Å². The number of nitrogens with zero attached hydrogens (tertiary/aromatic N) is 5. The van der Waals surface area contributed by atoms with Gasteiger partial charge in [-0.15, -0.1) is 0 Å². The maximum absolute atomic E-state index is 8.77. The van der Waals surface area contributed by atoms with E-state index in [1.807, 2.05) is 26.2 Å². The van der Waals surface area contributed by atoms with Gasteiger partial charge in [-0.3, -0.25) is 4.68 Å². The van der Waals surface area contributed by atoms with Gasteiger partial charge < -0.3 is 5.32 Å². The van der Waals surface area contributed by atoms with Crippen LogP contribution < -0.4 is 5.32 Å². The first-order chi connectivity index (χ1) is 7.67. The van der Waals surface area contributed by atoms with Crippen LogP contribution in [0.3, 0.4) is 0 Å². The molecule has 0 atom stereocenters. The number of hydrogen-bond acceptors (Lipinski definition) is 5. The van der Waals surface area contributed by atoms with Crippen molar-refractivity contribution in [2.24, 2.45) is 7.05 Å². The SMILES string of the molecule is Cc1cc(C#N)nc(Nc2ccn(C)n2)n1. The zero-order chi connectivity index (χ0) is 11.5. The van der Waals surface area contributed by atoms with Crippen LogP contribution in [-0.4, -0.2) is 19.7 Å². The molecule has 0 amide bonds. The lowest BCUT2D eigenvalue weighted by Crippen LogP contribution is -2.01. The Bertz CT molecular complexity index is 551. The second-order valence-corrected chi connectivity index (χ2v) is 3.33. The van der Waals surface area contributed by atoms with Crippen molar-refractivity contribution < 1.29 is 0 Å². The van der Waals surface area contributed by atoms with Gasteiger partial charge >= 0.3 is 0 Å². The van der Waals surface area contributed by atoms with Crippen LogP contribution in [-0.2, 0) is 7.05 Å². The fraction of sp³-hybridized carbons (Fsp3) is 0.200. The molecule has 0 aliphatic carbocycles. The average molecular weight is 214 g/mol. The molecule has 2 heterocycles. The largest absolute Gasteiger partial charge is 0.307 e. The lowest BCUT2D eigenvalue weighted by molar-refractivity contribution is 0.770. The van der Waals surface area contributed by atoms with Crippen molar-refractivity contribution >= 4 is 11.8 Å². The number of aromatic nitrogens is 4. The number of anilines is 2. The molecule has 0 spiro atoms. The molecule has 0 radical (unpaired) electrons. The number of hydrogen-bond donors (Lipinski definition) is 1. The third kappa shape index (κ3) is 2.15. The van der Waals surface area contributed by atoms with Gasteiger partial charge in [0.15, 0.2) is 5.82 Å². The first kappa shape index (κ1) is 10.1. The number of aryl methyl sites for hydroxylation is 2. The molecule has 0 saturated carbocycles. The monoisotopic (exact) mass is 214 g/mol. The third-order valence-corrected chi connectivity index (χ3v) is 1.92. The van der Waals surface area contributed by atoms with Crippen LogP contribution in [0, 0.1) is 18.3 Å². The Kier molecular flexibility index (Phi) is 2.52. The van der Waals surface area contributed by atoms with Gasteiger partial charge in [0.1, 0.15) is 11.8 Å². The van der Waals surface area contributed by atoms with Crippen molar-refractivity contribution in [2.75, 3.05) is 5.32 Å². The zero-order valence-corrected chi connectivity index (χ0v) is 8.97. The van der Waals surface area contributed by atoms with Gasteiger partial charge in [-0.05, 0) is 13.0 Å². The summed E-state index contributed by atoms with van der Waals surface area (Å²) in [5, 5.41) is 15.8. The Morgan fingerprint density at radius 2 is 2.25 bits per heavy atom. The van der Waals surface area contributed by atoms with Gasteiger partial charge in [0.2, 0.25) is 5.95 Å². The van der Waals surface area contributed by atoms with Crippen LogP contribution >= 0.6 is 0 Å². The van der Waals surface area contributed by atoms with Gasteiger partial charge in [0.25, 0.3) is 0 Å². The lowest BCUT2D eigenvalue weighted by Gasteiger charge is -2.02. The number of rotatable bonds is 2. The van der Waals surface area contributed by atoms with Crippen LogP contribution in [0.5, 0.6) is 0 Å². The molecule has 0 saturated heterocycles. The Balaban J connectivity index is 2.28. The van der Waals surface area contributed by atoms with E-state index in [1.165, 1.54) is 0 Å². The van der Waals surface area contributed by atoms with Crippen LogP contribution in [0.4, 0.5) is 11.8 Å². The fourth-order valence-electron chi connectivity index (χ4n) is 1.28. The molecule has 2 aromatic heterocycles. The smallest absolute Gasteiger partial charge is 0.229 e. The molecular formula is C10H10N6. The molecule has 80 valence electrons. The summed E-state index contributed by atoms with van der Waals surface area (Å²) < 4.78 is 1.67. The Morgan fingerprint density at radius 1 is 1.44 bits per heavy atom. The van der Waals surface area contributed by atoms with Crippen molar-refractivity contribution in [1.29, 1.82) is 5.26 Å². The summed E-state index contributed by atoms with van der Waals surface area (Å²) in [6, 6.07) is 5.41. The molecule has 0 aromatic carbocycles. The molecule has 0 aliphatic rings. The van der Waals surface area contributed by atoms with E-state index in [0.717, 1.165) is 5.69 Å². The molecule has 16 heavy (non-hydrogen) atoms. The van der Waals surface area contributed by atoms with Gasteiger partial charge in [-0.25, -0.2) is 9.97 Å². The highest BCUT2D eigenvalue weighted by Gasteiger charge is 2.03. The summed E-state index contributed by atoms with van der Waals surface area (Å²) in [7, 11) is 1.82. The van der Waals surface area contributed by atoms with E-state index in [9.17, 15) is 0 Å². The minimum atomic E-state index is 0.339. The summed E-state index contributed by atoms with van der Waals surface area (Å²) in [4.78, 5) is 8.19. The van der Waals surface area contributed by atoms with Crippen molar-refractivity contribution in [2.45, 2.75) is 6.92 Å². The summed E-state index contributed by atoms with van der Waals surface area (Å²) in [6.45, 7) is 1.81. The van der Waals surface area contributed by atoms with E-state index >= 15 is 0 Å². The minimum Gasteiger partial charge on any atom is -0.307 e. The summed E-state index contributed by atoms with van der Waals surface area (Å²) in [5.74, 6) is 1.03. The van der Waals surface area contributed by atoms with Crippen LogP contribution in [0.15, 0.2) is 18.3 Å². The molecule has 6 nitrogen and oxygen atoms in total. The first-order valence-corrected chi connectivity index (χ1v) is 4.70. The predicted molar refractivity (Wildman–Crippen MR) is 58.0 cm³/mol. The first-order valence-electron chi connectivity index (χ1n) is 4.70. The van der Waals surface area contributed by atoms with E-state index in [0.29, 0.717) is 17.5 Å². The molecule has 0 bridgehead atoms. The summed E-state index contributed by atoms with van der Waals surface area (Å²) >= 11 is 0. The quantitative estimate of drug-likeness (QED) is 0.810. The van der Waals surface area contributed by atoms with Gasteiger partial charge in [-0.2, -0.15) is 10.4 Å². The van der Waals surface area contributed by atoms with Crippen molar-refractivity contribution in [3.05, 3.63) is 29.7 Å². The molecule has 6 heteroatoms. The lowest BCUT2D eigenvalue weighted by atomic mass is 10.3. The van der Waals surface area contributed by atoms with E-state index in [4.69, 9.17) is 5.26 Å². The van der Waals surface area contributed by atoms with Crippen molar-refractivity contribution in [3.8, 4) is 6.07 Å².